The van der Waals surface area contributed by atoms with Crippen molar-refractivity contribution in [2.45, 2.75) is 26.1 Å². The summed E-state index contributed by atoms with van der Waals surface area (Å²) in [5, 5.41) is 0.539. The van der Waals surface area contributed by atoms with E-state index in [1.54, 1.807) is 31.2 Å². The third-order valence-electron chi connectivity index (χ3n) is 2.59. The minimum absolute atomic E-state index is 0.246. The second kappa shape index (κ2) is 7.82. The van der Waals surface area contributed by atoms with Crippen molar-refractivity contribution in [2.24, 2.45) is 0 Å². The summed E-state index contributed by atoms with van der Waals surface area (Å²) < 4.78 is 10.2. The van der Waals surface area contributed by atoms with Gasteiger partial charge < -0.3 is 9.47 Å². The van der Waals surface area contributed by atoms with Gasteiger partial charge in [0.25, 0.3) is 0 Å². The van der Waals surface area contributed by atoms with Crippen molar-refractivity contribution in [2.75, 3.05) is 6.61 Å². The highest BCUT2D eigenvalue weighted by Crippen LogP contribution is 2.13. The topological polar surface area (TPSA) is 52.6 Å². The van der Waals surface area contributed by atoms with E-state index >= 15 is 0 Å². The maximum atomic E-state index is 12.1. The fourth-order valence-electron chi connectivity index (χ4n) is 1.45. The maximum absolute atomic E-state index is 12.1. The molecule has 0 amide bonds. The zero-order valence-electron chi connectivity index (χ0n) is 11.5. The number of esters is 1. The third kappa shape index (κ3) is 4.79. The van der Waals surface area contributed by atoms with Gasteiger partial charge in [0.05, 0.1) is 6.61 Å². The van der Waals surface area contributed by atoms with Gasteiger partial charge in [0.2, 0.25) is 5.78 Å². The molecule has 1 aromatic carbocycles. The Bertz CT molecular complexity index is 481. The highest BCUT2D eigenvalue weighted by atomic mass is 35.5. The lowest BCUT2D eigenvalue weighted by molar-refractivity contribution is -0.157. The maximum Gasteiger partial charge on any atom is 0.335 e. The summed E-state index contributed by atoms with van der Waals surface area (Å²) in [4.78, 5) is 23.7. The molecule has 0 saturated carbocycles. The number of hydrogen-bond donors (Lipinski definition) is 0. The predicted molar refractivity (Wildman–Crippen MR) is 76.9 cm³/mol. The summed E-state index contributed by atoms with van der Waals surface area (Å²) in [5.74, 6) is -0.868. The van der Waals surface area contributed by atoms with Crippen LogP contribution in [0.15, 0.2) is 36.9 Å². The standard InChI is InChI=1S/C15H17ClO4/c1-4-9-19-11(3)15(18)20-10(2)14(17)12-5-7-13(16)8-6-12/h4-8,10-11H,1,9H2,2-3H3. The summed E-state index contributed by atoms with van der Waals surface area (Å²) in [7, 11) is 0. The summed E-state index contributed by atoms with van der Waals surface area (Å²) in [6, 6.07) is 6.40. The van der Waals surface area contributed by atoms with E-state index in [0.29, 0.717) is 10.6 Å². The van der Waals surface area contributed by atoms with Crippen molar-refractivity contribution >= 4 is 23.4 Å². The van der Waals surface area contributed by atoms with E-state index in [1.807, 2.05) is 0 Å². The van der Waals surface area contributed by atoms with Gasteiger partial charge in [0.15, 0.2) is 12.2 Å². The first-order chi connectivity index (χ1) is 9.45. The Morgan fingerprint density at radius 1 is 1.25 bits per heavy atom. The molecule has 0 saturated heterocycles. The lowest BCUT2D eigenvalue weighted by Crippen LogP contribution is -2.31. The number of ether oxygens (including phenoxy) is 2. The van der Waals surface area contributed by atoms with Crippen LogP contribution in [0.4, 0.5) is 0 Å². The lowest BCUT2D eigenvalue weighted by atomic mass is 10.1. The fourth-order valence-corrected chi connectivity index (χ4v) is 1.58. The molecule has 1 rings (SSSR count). The van der Waals surface area contributed by atoms with Crippen LogP contribution in [-0.2, 0) is 14.3 Å². The number of hydrogen-bond acceptors (Lipinski definition) is 4. The van der Waals surface area contributed by atoms with Crippen molar-refractivity contribution < 1.29 is 19.1 Å². The van der Waals surface area contributed by atoms with Gasteiger partial charge in [-0.25, -0.2) is 4.79 Å². The zero-order valence-corrected chi connectivity index (χ0v) is 12.2. The van der Waals surface area contributed by atoms with E-state index in [2.05, 4.69) is 6.58 Å². The molecule has 0 bridgehead atoms. The second-order valence-corrected chi connectivity index (χ2v) is 4.65. The van der Waals surface area contributed by atoms with Crippen LogP contribution in [0, 0.1) is 0 Å². The smallest absolute Gasteiger partial charge is 0.335 e. The normalized spacial score (nSPS) is 13.3. The molecule has 0 radical (unpaired) electrons. The van der Waals surface area contributed by atoms with Crippen LogP contribution in [0.1, 0.15) is 24.2 Å². The average molecular weight is 297 g/mol. The summed E-state index contributed by atoms with van der Waals surface area (Å²) in [5.41, 5.74) is 0.439. The number of rotatable bonds is 7. The van der Waals surface area contributed by atoms with Crippen molar-refractivity contribution in [3.63, 3.8) is 0 Å². The lowest BCUT2D eigenvalue weighted by Gasteiger charge is -2.16. The minimum Gasteiger partial charge on any atom is -0.452 e. The summed E-state index contributed by atoms with van der Waals surface area (Å²) in [6.45, 7) is 6.82. The van der Waals surface area contributed by atoms with Crippen LogP contribution in [-0.4, -0.2) is 30.6 Å². The molecule has 0 heterocycles. The Labute approximate surface area is 123 Å². The summed E-state index contributed by atoms with van der Waals surface area (Å²) >= 11 is 5.75. The molecule has 1 aromatic rings. The van der Waals surface area contributed by atoms with Crippen molar-refractivity contribution in [3.05, 3.63) is 47.5 Å². The zero-order chi connectivity index (χ0) is 15.1. The van der Waals surface area contributed by atoms with Crippen LogP contribution in [0.2, 0.25) is 5.02 Å². The van der Waals surface area contributed by atoms with Gasteiger partial charge >= 0.3 is 5.97 Å². The first kappa shape index (κ1) is 16.4. The van der Waals surface area contributed by atoms with E-state index < -0.39 is 18.2 Å². The molecule has 0 aromatic heterocycles. The van der Waals surface area contributed by atoms with Gasteiger partial charge in [-0.2, -0.15) is 0 Å². The fraction of sp³-hybridized carbons (Fsp3) is 0.333. The Morgan fingerprint density at radius 3 is 2.40 bits per heavy atom. The van der Waals surface area contributed by atoms with Crippen LogP contribution >= 0.6 is 11.6 Å². The molecule has 0 aliphatic carbocycles. The van der Waals surface area contributed by atoms with Gasteiger partial charge in [0, 0.05) is 10.6 Å². The van der Waals surface area contributed by atoms with Gasteiger partial charge in [-0.3, -0.25) is 4.79 Å². The molecular weight excluding hydrogens is 280 g/mol. The van der Waals surface area contributed by atoms with Crippen molar-refractivity contribution in [3.8, 4) is 0 Å². The molecule has 0 spiro atoms. The van der Waals surface area contributed by atoms with Crippen molar-refractivity contribution in [1.29, 1.82) is 0 Å². The van der Waals surface area contributed by atoms with Crippen LogP contribution in [0.3, 0.4) is 0 Å². The molecule has 5 heteroatoms. The molecule has 20 heavy (non-hydrogen) atoms. The van der Waals surface area contributed by atoms with E-state index in [-0.39, 0.29) is 12.4 Å². The number of carbonyl (C=O) groups is 2. The number of carbonyl (C=O) groups excluding carboxylic acids is 2. The molecule has 0 fully saturated rings. The Kier molecular flexibility index (Phi) is 6.42. The SMILES string of the molecule is C=CCOC(C)C(=O)OC(C)C(=O)c1ccc(Cl)cc1. The Morgan fingerprint density at radius 2 is 1.85 bits per heavy atom. The van der Waals surface area contributed by atoms with E-state index in [4.69, 9.17) is 21.1 Å². The van der Waals surface area contributed by atoms with Crippen LogP contribution in [0.5, 0.6) is 0 Å². The predicted octanol–water partition coefficient (Wildman–Crippen LogP) is 3.05. The molecular formula is C15H17ClO4. The first-order valence-corrected chi connectivity index (χ1v) is 6.56. The van der Waals surface area contributed by atoms with Crippen molar-refractivity contribution in [1.82, 2.24) is 0 Å². The van der Waals surface area contributed by atoms with Gasteiger partial charge in [0.1, 0.15) is 0 Å². The molecule has 2 unspecified atom stereocenters. The second-order valence-electron chi connectivity index (χ2n) is 4.21. The number of ketones is 1. The summed E-state index contributed by atoms with van der Waals surface area (Å²) in [6.07, 6.45) is -0.0848. The number of halogens is 1. The minimum atomic E-state index is -0.876. The average Bonchev–Trinajstić information content (AvgIpc) is 2.44. The number of benzene rings is 1. The molecule has 4 nitrogen and oxygen atoms in total. The van der Waals surface area contributed by atoms with E-state index in [0.717, 1.165) is 0 Å². The quantitative estimate of drug-likeness (QED) is 0.441. The molecule has 2 atom stereocenters. The Hall–Kier alpha value is -1.65. The van der Waals surface area contributed by atoms with Gasteiger partial charge in [-0.1, -0.05) is 17.7 Å². The van der Waals surface area contributed by atoms with E-state index in [9.17, 15) is 9.59 Å². The van der Waals surface area contributed by atoms with Gasteiger partial charge in [-0.05, 0) is 38.1 Å². The molecule has 0 aliphatic heterocycles. The third-order valence-corrected chi connectivity index (χ3v) is 2.84. The molecule has 0 N–H and O–H groups in total. The highest BCUT2D eigenvalue weighted by molar-refractivity contribution is 6.30. The number of Topliss-reactive ketones (excluding diaryl/α,β-unsaturated/α-hetero) is 1. The molecule has 108 valence electrons. The Balaban J connectivity index is 2.59. The van der Waals surface area contributed by atoms with Gasteiger partial charge in [-0.15, -0.1) is 6.58 Å². The molecule has 0 aliphatic rings. The monoisotopic (exact) mass is 296 g/mol. The van der Waals surface area contributed by atoms with Crippen LogP contribution < -0.4 is 0 Å². The van der Waals surface area contributed by atoms with Crippen LogP contribution in [0.25, 0.3) is 0 Å². The first-order valence-electron chi connectivity index (χ1n) is 6.18. The highest BCUT2D eigenvalue weighted by Gasteiger charge is 2.23. The largest absolute Gasteiger partial charge is 0.452 e. The van der Waals surface area contributed by atoms with E-state index in [1.165, 1.54) is 13.0 Å².